The average Bonchev–Trinajstić information content (AvgIpc) is 2.50. The van der Waals surface area contributed by atoms with Gasteiger partial charge in [-0.3, -0.25) is 0 Å². The number of nitrogens with zero attached hydrogens (tertiary/aromatic N) is 3. The van der Waals surface area contributed by atoms with Crippen molar-refractivity contribution >= 4 is 0 Å². The zero-order chi connectivity index (χ0) is 7.94. The minimum atomic E-state index is 0.375. The van der Waals surface area contributed by atoms with Crippen molar-refractivity contribution in [2.75, 3.05) is 20.3 Å². The van der Waals surface area contributed by atoms with Gasteiger partial charge in [0, 0.05) is 7.11 Å². The molecule has 0 aromatic carbocycles. The number of methoxy groups -OCH3 is 1. The van der Waals surface area contributed by atoms with Crippen molar-refractivity contribution in [1.82, 2.24) is 20.6 Å². The molecule has 0 aliphatic heterocycles. The summed E-state index contributed by atoms with van der Waals surface area (Å²) in [5.74, 6) is 0.557. The Kier molecular flexibility index (Phi) is 3.49. The van der Waals surface area contributed by atoms with Gasteiger partial charge in [0.1, 0.15) is 6.61 Å². The largest absolute Gasteiger partial charge is 0.382 e. The molecule has 1 aromatic rings. The van der Waals surface area contributed by atoms with E-state index in [1.165, 1.54) is 0 Å². The lowest BCUT2D eigenvalue weighted by Crippen LogP contribution is -2.02. The summed E-state index contributed by atoms with van der Waals surface area (Å²) in [6, 6.07) is 0. The predicted octanol–water partition coefficient (Wildman–Crippen LogP) is -0.637. The van der Waals surface area contributed by atoms with Crippen LogP contribution in [0.4, 0.5) is 0 Å². The highest BCUT2D eigenvalue weighted by Crippen LogP contribution is 1.87. The number of rotatable bonds is 5. The smallest absolute Gasteiger partial charge is 0.200 e. The molecule has 0 saturated carbocycles. The van der Waals surface area contributed by atoms with Gasteiger partial charge in [-0.05, 0) is 0 Å². The van der Waals surface area contributed by atoms with E-state index in [2.05, 4.69) is 20.6 Å². The summed E-state index contributed by atoms with van der Waals surface area (Å²) >= 11 is 0. The van der Waals surface area contributed by atoms with E-state index in [0.717, 1.165) is 0 Å². The highest BCUT2D eigenvalue weighted by Gasteiger charge is 1.95. The molecule has 0 amide bonds. The Balaban J connectivity index is 2.04. The molecule has 0 atom stereocenters. The molecular formula is C5H10N4O2. The molecule has 1 rings (SSSR count). The Morgan fingerprint density at radius 3 is 3.00 bits per heavy atom. The van der Waals surface area contributed by atoms with Crippen LogP contribution in [0.5, 0.6) is 0 Å². The number of ether oxygens (including phenoxy) is 2. The predicted molar refractivity (Wildman–Crippen MR) is 35.7 cm³/mol. The van der Waals surface area contributed by atoms with Crippen molar-refractivity contribution in [3.63, 3.8) is 0 Å². The van der Waals surface area contributed by atoms with Gasteiger partial charge in [0.25, 0.3) is 0 Å². The second kappa shape index (κ2) is 4.75. The third-order valence-corrected chi connectivity index (χ3v) is 1.05. The third kappa shape index (κ3) is 3.06. The van der Waals surface area contributed by atoms with Gasteiger partial charge in [0.15, 0.2) is 5.82 Å². The molecular weight excluding hydrogens is 148 g/mol. The molecule has 0 unspecified atom stereocenters. The molecule has 6 heteroatoms. The summed E-state index contributed by atoms with van der Waals surface area (Å²) in [4.78, 5) is 0. The van der Waals surface area contributed by atoms with Crippen LogP contribution in [0.15, 0.2) is 0 Å². The van der Waals surface area contributed by atoms with Crippen LogP contribution in [0.3, 0.4) is 0 Å². The van der Waals surface area contributed by atoms with E-state index in [9.17, 15) is 0 Å². The Morgan fingerprint density at radius 2 is 2.36 bits per heavy atom. The maximum Gasteiger partial charge on any atom is 0.200 e. The summed E-state index contributed by atoms with van der Waals surface area (Å²) in [6.07, 6.45) is 0. The van der Waals surface area contributed by atoms with Crippen molar-refractivity contribution in [3.05, 3.63) is 5.82 Å². The summed E-state index contributed by atoms with van der Waals surface area (Å²) in [7, 11) is 1.62. The van der Waals surface area contributed by atoms with Gasteiger partial charge in [-0.25, -0.2) is 0 Å². The lowest BCUT2D eigenvalue weighted by molar-refractivity contribution is 0.0586. The zero-order valence-corrected chi connectivity index (χ0v) is 6.28. The van der Waals surface area contributed by atoms with Crippen LogP contribution >= 0.6 is 0 Å². The Bertz CT molecular complexity index is 177. The van der Waals surface area contributed by atoms with Crippen LogP contribution in [0.25, 0.3) is 0 Å². The quantitative estimate of drug-likeness (QED) is 0.577. The first-order chi connectivity index (χ1) is 5.43. The van der Waals surface area contributed by atoms with Crippen LogP contribution in [0.1, 0.15) is 5.82 Å². The van der Waals surface area contributed by atoms with Crippen LogP contribution in [0.2, 0.25) is 0 Å². The van der Waals surface area contributed by atoms with Gasteiger partial charge >= 0.3 is 0 Å². The molecule has 1 heterocycles. The van der Waals surface area contributed by atoms with E-state index < -0.39 is 0 Å². The second-order valence-electron chi connectivity index (χ2n) is 1.87. The monoisotopic (exact) mass is 158 g/mol. The van der Waals surface area contributed by atoms with E-state index in [-0.39, 0.29) is 0 Å². The Labute approximate surface area is 63.9 Å². The van der Waals surface area contributed by atoms with E-state index in [1.807, 2.05) is 0 Å². The molecule has 0 aliphatic rings. The third-order valence-electron chi connectivity index (χ3n) is 1.05. The summed E-state index contributed by atoms with van der Waals surface area (Å²) < 4.78 is 9.88. The molecule has 1 aromatic heterocycles. The number of aromatic amines is 1. The molecule has 0 saturated heterocycles. The fraction of sp³-hybridized carbons (Fsp3) is 0.800. The summed E-state index contributed by atoms with van der Waals surface area (Å²) in [5.41, 5.74) is 0. The van der Waals surface area contributed by atoms with Gasteiger partial charge in [0.2, 0.25) is 0 Å². The number of hydrogen-bond acceptors (Lipinski definition) is 5. The number of H-pyrrole nitrogens is 1. The maximum absolute atomic E-state index is 5.11. The highest BCUT2D eigenvalue weighted by atomic mass is 16.5. The lowest BCUT2D eigenvalue weighted by Gasteiger charge is -1.97. The molecule has 0 radical (unpaired) electrons. The van der Waals surface area contributed by atoms with Gasteiger partial charge < -0.3 is 9.47 Å². The van der Waals surface area contributed by atoms with Crippen LogP contribution in [-0.4, -0.2) is 40.9 Å². The molecule has 0 fully saturated rings. The van der Waals surface area contributed by atoms with Gasteiger partial charge in [-0.15, -0.1) is 10.2 Å². The normalized spacial score (nSPS) is 10.3. The first-order valence-corrected chi connectivity index (χ1v) is 3.22. The fourth-order valence-electron chi connectivity index (χ4n) is 0.549. The summed E-state index contributed by atoms with van der Waals surface area (Å²) in [5, 5.41) is 13.1. The zero-order valence-electron chi connectivity index (χ0n) is 6.28. The highest BCUT2D eigenvalue weighted by molar-refractivity contribution is 4.69. The first-order valence-electron chi connectivity index (χ1n) is 3.22. The molecule has 0 spiro atoms. The van der Waals surface area contributed by atoms with Crippen molar-refractivity contribution in [3.8, 4) is 0 Å². The molecule has 6 nitrogen and oxygen atoms in total. The van der Waals surface area contributed by atoms with E-state index >= 15 is 0 Å². The van der Waals surface area contributed by atoms with Crippen molar-refractivity contribution < 1.29 is 9.47 Å². The van der Waals surface area contributed by atoms with Crippen LogP contribution in [0, 0.1) is 0 Å². The number of tetrazole rings is 1. The topological polar surface area (TPSA) is 72.9 Å². The Hall–Kier alpha value is -1.01. The number of aromatic nitrogens is 4. The number of nitrogens with one attached hydrogen (secondary N) is 1. The van der Waals surface area contributed by atoms with Crippen LogP contribution < -0.4 is 0 Å². The number of hydrogen-bond donors (Lipinski definition) is 1. The Morgan fingerprint density at radius 1 is 1.45 bits per heavy atom. The minimum Gasteiger partial charge on any atom is -0.382 e. The molecule has 0 bridgehead atoms. The van der Waals surface area contributed by atoms with Gasteiger partial charge in [-0.1, -0.05) is 5.21 Å². The average molecular weight is 158 g/mol. The maximum atomic E-state index is 5.11. The van der Waals surface area contributed by atoms with Crippen LogP contribution in [-0.2, 0) is 16.1 Å². The van der Waals surface area contributed by atoms with E-state index in [0.29, 0.717) is 25.6 Å². The van der Waals surface area contributed by atoms with Crippen molar-refractivity contribution in [2.45, 2.75) is 6.61 Å². The summed E-state index contributed by atoms with van der Waals surface area (Å²) in [6.45, 7) is 1.50. The SMILES string of the molecule is COCCOCc1nn[nH]n1. The fourth-order valence-corrected chi connectivity index (χ4v) is 0.549. The standard InChI is InChI=1S/C5H10N4O2/c1-10-2-3-11-4-5-6-8-9-7-5/h2-4H2,1H3,(H,6,7,8,9). The molecule has 62 valence electrons. The first kappa shape index (κ1) is 8.09. The van der Waals surface area contributed by atoms with E-state index in [1.54, 1.807) is 7.11 Å². The van der Waals surface area contributed by atoms with Gasteiger partial charge in [0.05, 0.1) is 13.2 Å². The van der Waals surface area contributed by atoms with Crippen molar-refractivity contribution in [1.29, 1.82) is 0 Å². The van der Waals surface area contributed by atoms with E-state index in [4.69, 9.17) is 9.47 Å². The molecule has 0 aliphatic carbocycles. The molecule has 1 N–H and O–H groups in total. The minimum absolute atomic E-state index is 0.375. The molecule has 11 heavy (non-hydrogen) atoms. The second-order valence-corrected chi connectivity index (χ2v) is 1.87. The van der Waals surface area contributed by atoms with Crippen molar-refractivity contribution in [2.24, 2.45) is 0 Å². The lowest BCUT2D eigenvalue weighted by atomic mass is 10.7. The van der Waals surface area contributed by atoms with Gasteiger partial charge in [-0.2, -0.15) is 5.21 Å².